The van der Waals surface area contributed by atoms with Crippen LogP contribution in [0.3, 0.4) is 0 Å². The Balaban J connectivity index is 1.78. The highest BCUT2D eigenvalue weighted by atomic mass is 79.9. The Kier molecular flexibility index (Phi) is 5.67. The Hall–Kier alpha value is -1.86. The number of nitrogens with one attached hydrogen (secondary N) is 1. The number of para-hydroxylation sites is 1. The second kappa shape index (κ2) is 7.80. The zero-order chi connectivity index (χ0) is 18.7. The fourth-order valence-electron chi connectivity index (χ4n) is 3.14. The van der Waals surface area contributed by atoms with Gasteiger partial charge in [-0.25, -0.2) is 8.42 Å². The molecule has 2 aromatic rings. The summed E-state index contributed by atoms with van der Waals surface area (Å²) in [6.07, 6.45) is 0.473. The summed E-state index contributed by atoms with van der Waals surface area (Å²) in [6.45, 7) is 2.09. The monoisotopic (exact) mass is 436 g/mol. The van der Waals surface area contributed by atoms with Crippen LogP contribution >= 0.6 is 15.9 Å². The molecule has 0 unspecified atom stereocenters. The van der Waals surface area contributed by atoms with Crippen molar-refractivity contribution < 1.29 is 13.2 Å². The predicted octanol–water partition coefficient (Wildman–Crippen LogP) is 3.39. The third-order valence-electron chi connectivity index (χ3n) is 4.48. The molecule has 1 amide bonds. The maximum absolute atomic E-state index is 12.9. The van der Waals surface area contributed by atoms with E-state index in [9.17, 15) is 13.2 Å². The zero-order valence-corrected chi connectivity index (χ0v) is 16.9. The van der Waals surface area contributed by atoms with E-state index < -0.39 is 9.84 Å². The maximum Gasteiger partial charge on any atom is 0.246 e. The molecule has 0 aromatic heterocycles. The molecule has 0 aliphatic carbocycles. The van der Waals surface area contributed by atoms with Crippen molar-refractivity contribution in [2.75, 3.05) is 28.3 Å². The van der Waals surface area contributed by atoms with Crippen LogP contribution in [0.1, 0.15) is 12.0 Å². The second-order valence-electron chi connectivity index (χ2n) is 6.47. The van der Waals surface area contributed by atoms with Gasteiger partial charge in [-0.1, -0.05) is 34.1 Å². The molecule has 138 valence electrons. The quantitative estimate of drug-likeness (QED) is 0.779. The van der Waals surface area contributed by atoms with Gasteiger partial charge in [0.2, 0.25) is 5.91 Å². The molecule has 0 radical (unpaired) electrons. The molecule has 1 aliphatic rings. The Labute approximate surface area is 162 Å². The summed E-state index contributed by atoms with van der Waals surface area (Å²) < 4.78 is 24.8. The third kappa shape index (κ3) is 4.45. The van der Waals surface area contributed by atoms with Gasteiger partial charge < -0.3 is 10.2 Å². The summed E-state index contributed by atoms with van der Waals surface area (Å²) >= 11 is 3.46. The van der Waals surface area contributed by atoms with Crippen LogP contribution in [0.15, 0.2) is 53.0 Å². The van der Waals surface area contributed by atoms with Crippen molar-refractivity contribution in [3.63, 3.8) is 0 Å². The summed E-state index contributed by atoms with van der Waals surface area (Å²) in [6, 6.07) is 14.7. The number of benzene rings is 2. The van der Waals surface area contributed by atoms with E-state index in [0.717, 1.165) is 21.4 Å². The minimum Gasteiger partial charge on any atom is -0.376 e. The van der Waals surface area contributed by atoms with E-state index in [0.29, 0.717) is 6.42 Å². The van der Waals surface area contributed by atoms with Crippen molar-refractivity contribution >= 4 is 43.0 Å². The number of sulfone groups is 1. The van der Waals surface area contributed by atoms with Crippen molar-refractivity contribution in [1.82, 2.24) is 0 Å². The minimum atomic E-state index is -3.08. The largest absolute Gasteiger partial charge is 0.376 e. The standard InChI is InChI=1S/C19H21BrN2O3S/c1-14-11-15(7-8-18(14)20)21-12-19(23)22(16-5-3-2-4-6-16)17-9-10-26(24,25)13-17/h2-8,11,17,21H,9-10,12-13H2,1H3/t17-/m1/s1. The van der Waals surface area contributed by atoms with Crippen molar-refractivity contribution in [1.29, 1.82) is 0 Å². The van der Waals surface area contributed by atoms with Crippen LogP contribution in [-0.2, 0) is 14.6 Å². The lowest BCUT2D eigenvalue weighted by molar-refractivity contribution is -0.117. The topological polar surface area (TPSA) is 66.5 Å². The lowest BCUT2D eigenvalue weighted by Gasteiger charge is -2.28. The van der Waals surface area contributed by atoms with E-state index in [2.05, 4.69) is 21.2 Å². The molecule has 1 saturated heterocycles. The summed E-state index contributed by atoms with van der Waals surface area (Å²) in [4.78, 5) is 14.6. The minimum absolute atomic E-state index is 0.0189. The normalized spacial score (nSPS) is 18.5. The number of nitrogens with zero attached hydrogens (tertiary/aromatic N) is 1. The van der Waals surface area contributed by atoms with Gasteiger partial charge in [0.05, 0.1) is 24.1 Å². The van der Waals surface area contributed by atoms with Crippen LogP contribution in [0.5, 0.6) is 0 Å². The summed E-state index contributed by atoms with van der Waals surface area (Å²) in [5.41, 5.74) is 2.66. The van der Waals surface area contributed by atoms with Crippen molar-refractivity contribution in [2.45, 2.75) is 19.4 Å². The first-order valence-corrected chi connectivity index (χ1v) is 11.0. The molecule has 1 aliphatic heterocycles. The molecule has 26 heavy (non-hydrogen) atoms. The van der Waals surface area contributed by atoms with Crippen LogP contribution in [-0.4, -0.2) is 38.4 Å². The third-order valence-corrected chi connectivity index (χ3v) is 7.12. The molecule has 0 spiro atoms. The lowest BCUT2D eigenvalue weighted by Crippen LogP contribution is -2.44. The van der Waals surface area contributed by atoms with Gasteiger partial charge in [-0.3, -0.25) is 4.79 Å². The summed E-state index contributed by atoms with van der Waals surface area (Å²) in [5, 5.41) is 3.15. The first kappa shape index (κ1) is 18.9. The fraction of sp³-hybridized carbons (Fsp3) is 0.316. The Bertz CT molecular complexity index is 900. The van der Waals surface area contributed by atoms with E-state index in [-0.39, 0.29) is 30.0 Å². The Morgan fingerprint density at radius 2 is 1.96 bits per heavy atom. The number of aryl methyl sites for hydroxylation is 1. The number of anilines is 2. The zero-order valence-electron chi connectivity index (χ0n) is 14.5. The SMILES string of the molecule is Cc1cc(NCC(=O)N(c2ccccc2)[C@@H]2CCS(=O)(=O)C2)ccc1Br. The molecule has 1 N–H and O–H groups in total. The number of halogens is 1. The second-order valence-corrected chi connectivity index (χ2v) is 9.56. The number of hydrogen-bond acceptors (Lipinski definition) is 4. The van der Waals surface area contributed by atoms with E-state index in [1.54, 1.807) is 4.90 Å². The Morgan fingerprint density at radius 3 is 2.58 bits per heavy atom. The molecule has 7 heteroatoms. The van der Waals surface area contributed by atoms with Gasteiger partial charge in [0.1, 0.15) is 0 Å². The van der Waals surface area contributed by atoms with Gasteiger partial charge >= 0.3 is 0 Å². The van der Waals surface area contributed by atoms with E-state index in [1.165, 1.54) is 0 Å². The average Bonchev–Trinajstić information content (AvgIpc) is 2.96. The van der Waals surface area contributed by atoms with Crippen molar-refractivity contribution in [2.24, 2.45) is 0 Å². The van der Waals surface area contributed by atoms with E-state index in [1.807, 2.05) is 55.5 Å². The lowest BCUT2D eigenvalue weighted by atomic mass is 10.1. The van der Waals surface area contributed by atoms with Gasteiger partial charge in [-0.05, 0) is 49.2 Å². The molecule has 3 rings (SSSR count). The first-order chi connectivity index (χ1) is 12.4. The van der Waals surface area contributed by atoms with Crippen molar-refractivity contribution in [3.8, 4) is 0 Å². The fourth-order valence-corrected chi connectivity index (χ4v) is 5.09. The van der Waals surface area contributed by atoms with E-state index >= 15 is 0 Å². The molecule has 1 atom stereocenters. The van der Waals surface area contributed by atoms with Gasteiger partial charge in [0, 0.05) is 15.8 Å². The van der Waals surface area contributed by atoms with Crippen LogP contribution in [0.4, 0.5) is 11.4 Å². The molecule has 1 fully saturated rings. The average molecular weight is 437 g/mol. The highest BCUT2D eigenvalue weighted by Gasteiger charge is 2.35. The van der Waals surface area contributed by atoms with Crippen LogP contribution in [0.25, 0.3) is 0 Å². The number of hydrogen-bond donors (Lipinski definition) is 1. The van der Waals surface area contributed by atoms with Crippen LogP contribution in [0, 0.1) is 6.92 Å². The number of carbonyl (C=O) groups excluding carboxylic acids is 1. The maximum atomic E-state index is 12.9. The number of amides is 1. The molecular weight excluding hydrogens is 416 g/mol. The first-order valence-electron chi connectivity index (χ1n) is 8.43. The van der Waals surface area contributed by atoms with Gasteiger partial charge in [0.15, 0.2) is 9.84 Å². The number of carbonyl (C=O) groups is 1. The predicted molar refractivity (Wildman–Crippen MR) is 108 cm³/mol. The highest BCUT2D eigenvalue weighted by Crippen LogP contribution is 2.25. The molecule has 0 saturated carbocycles. The van der Waals surface area contributed by atoms with Gasteiger partial charge in [0.25, 0.3) is 0 Å². The van der Waals surface area contributed by atoms with E-state index in [4.69, 9.17) is 0 Å². The summed E-state index contributed by atoms with van der Waals surface area (Å²) in [7, 11) is -3.08. The van der Waals surface area contributed by atoms with Crippen molar-refractivity contribution in [3.05, 3.63) is 58.6 Å². The molecule has 2 aromatic carbocycles. The number of rotatable bonds is 5. The van der Waals surface area contributed by atoms with Crippen LogP contribution in [0.2, 0.25) is 0 Å². The summed E-state index contributed by atoms with van der Waals surface area (Å²) in [5.74, 6) is 0.0115. The molecular formula is C19H21BrN2O3S. The smallest absolute Gasteiger partial charge is 0.246 e. The highest BCUT2D eigenvalue weighted by molar-refractivity contribution is 9.10. The Morgan fingerprint density at radius 1 is 1.23 bits per heavy atom. The van der Waals surface area contributed by atoms with Crippen LogP contribution < -0.4 is 10.2 Å². The molecule has 5 nitrogen and oxygen atoms in total. The molecule has 1 heterocycles. The van der Waals surface area contributed by atoms with Gasteiger partial charge in [-0.2, -0.15) is 0 Å². The van der Waals surface area contributed by atoms with Gasteiger partial charge in [-0.15, -0.1) is 0 Å². The molecule has 0 bridgehead atoms.